The zero-order valence-corrected chi connectivity index (χ0v) is 12.9. The van der Waals surface area contributed by atoms with Gasteiger partial charge < -0.3 is 16.2 Å². The van der Waals surface area contributed by atoms with Crippen LogP contribution in [0.15, 0.2) is 24.3 Å². The van der Waals surface area contributed by atoms with E-state index in [4.69, 9.17) is 5.73 Å². The number of nitrogens with two attached hydrogens (primary N) is 1. The van der Waals surface area contributed by atoms with Gasteiger partial charge in [-0.05, 0) is 37.1 Å². The Balaban J connectivity index is 1.58. The molecule has 1 aliphatic heterocycles. The summed E-state index contributed by atoms with van der Waals surface area (Å²) in [5.41, 5.74) is 6.86. The summed E-state index contributed by atoms with van der Waals surface area (Å²) >= 11 is 0. The predicted octanol–water partition coefficient (Wildman–Crippen LogP) is 1.38. The summed E-state index contributed by atoms with van der Waals surface area (Å²) in [5, 5.41) is 13.2. The molecule has 1 aliphatic carbocycles. The van der Waals surface area contributed by atoms with Gasteiger partial charge in [-0.25, -0.2) is 0 Å². The Kier molecular flexibility index (Phi) is 4.64. The molecule has 1 heterocycles. The number of nitrogens with zero attached hydrogens (tertiary/aromatic N) is 1. The van der Waals surface area contributed by atoms with E-state index in [9.17, 15) is 9.90 Å². The van der Waals surface area contributed by atoms with Crippen molar-refractivity contribution in [3.63, 3.8) is 0 Å². The molecule has 1 aromatic rings. The molecule has 5 nitrogen and oxygen atoms in total. The third-order valence-electron chi connectivity index (χ3n) is 4.90. The number of hydrogen-bond acceptors (Lipinski definition) is 4. The SMILES string of the molecule is Nc1ccc(C(=O)N[C@H]2CN(C3CCCCC3)C[C@H]2O)cc1. The van der Waals surface area contributed by atoms with Crippen LogP contribution < -0.4 is 11.1 Å². The highest BCUT2D eigenvalue weighted by molar-refractivity contribution is 5.94. The lowest BCUT2D eigenvalue weighted by Gasteiger charge is -2.30. The van der Waals surface area contributed by atoms with Crippen LogP contribution in [0.3, 0.4) is 0 Å². The van der Waals surface area contributed by atoms with E-state index in [1.165, 1.54) is 32.1 Å². The van der Waals surface area contributed by atoms with Crippen LogP contribution in [-0.4, -0.2) is 47.2 Å². The van der Waals surface area contributed by atoms with Crippen LogP contribution in [0.2, 0.25) is 0 Å². The van der Waals surface area contributed by atoms with Crippen LogP contribution in [0, 0.1) is 0 Å². The van der Waals surface area contributed by atoms with Gasteiger partial charge in [0.05, 0.1) is 12.1 Å². The third kappa shape index (κ3) is 3.42. The first kappa shape index (κ1) is 15.3. The van der Waals surface area contributed by atoms with E-state index < -0.39 is 6.10 Å². The smallest absolute Gasteiger partial charge is 0.251 e. The van der Waals surface area contributed by atoms with Crippen molar-refractivity contribution in [2.75, 3.05) is 18.8 Å². The number of anilines is 1. The van der Waals surface area contributed by atoms with Crippen LogP contribution >= 0.6 is 0 Å². The lowest BCUT2D eigenvalue weighted by molar-refractivity contribution is 0.0887. The Labute approximate surface area is 131 Å². The number of hydrogen-bond donors (Lipinski definition) is 3. The molecule has 2 fully saturated rings. The van der Waals surface area contributed by atoms with E-state index in [-0.39, 0.29) is 11.9 Å². The molecule has 1 saturated heterocycles. The van der Waals surface area contributed by atoms with Crippen LogP contribution in [-0.2, 0) is 0 Å². The monoisotopic (exact) mass is 303 g/mol. The number of aliphatic hydroxyl groups excluding tert-OH is 1. The molecule has 2 atom stereocenters. The summed E-state index contributed by atoms with van der Waals surface area (Å²) < 4.78 is 0. The highest BCUT2D eigenvalue weighted by Crippen LogP contribution is 2.26. The number of carbonyl (C=O) groups is 1. The second kappa shape index (κ2) is 6.67. The van der Waals surface area contributed by atoms with Gasteiger partial charge in [0.2, 0.25) is 0 Å². The van der Waals surface area contributed by atoms with Crippen LogP contribution in [0.4, 0.5) is 5.69 Å². The maximum atomic E-state index is 12.3. The zero-order chi connectivity index (χ0) is 15.5. The molecule has 0 spiro atoms. The molecular formula is C17H25N3O2. The van der Waals surface area contributed by atoms with Crippen molar-refractivity contribution in [2.45, 2.75) is 50.3 Å². The fourth-order valence-electron chi connectivity index (χ4n) is 3.59. The minimum Gasteiger partial charge on any atom is -0.399 e. The molecule has 0 radical (unpaired) electrons. The molecule has 1 amide bonds. The van der Waals surface area contributed by atoms with Crippen molar-refractivity contribution in [1.82, 2.24) is 10.2 Å². The molecule has 2 aliphatic rings. The van der Waals surface area contributed by atoms with E-state index in [0.717, 1.165) is 6.54 Å². The van der Waals surface area contributed by atoms with Gasteiger partial charge >= 0.3 is 0 Å². The fourth-order valence-corrected chi connectivity index (χ4v) is 3.59. The average molecular weight is 303 g/mol. The van der Waals surface area contributed by atoms with Gasteiger partial charge in [-0.3, -0.25) is 9.69 Å². The summed E-state index contributed by atoms with van der Waals surface area (Å²) in [6.45, 7) is 1.41. The van der Waals surface area contributed by atoms with Crippen molar-refractivity contribution >= 4 is 11.6 Å². The second-order valence-electron chi connectivity index (χ2n) is 6.52. The normalized spacial score (nSPS) is 27.0. The molecule has 0 unspecified atom stereocenters. The molecule has 120 valence electrons. The summed E-state index contributed by atoms with van der Waals surface area (Å²) in [4.78, 5) is 14.6. The molecule has 4 N–H and O–H groups in total. The van der Waals surface area contributed by atoms with Gasteiger partial charge in [-0.1, -0.05) is 19.3 Å². The van der Waals surface area contributed by atoms with Gasteiger partial charge in [-0.2, -0.15) is 0 Å². The van der Waals surface area contributed by atoms with Crippen molar-refractivity contribution in [2.24, 2.45) is 0 Å². The number of carbonyl (C=O) groups excluding carboxylic acids is 1. The number of amides is 1. The average Bonchev–Trinajstić information content (AvgIpc) is 2.90. The summed E-state index contributed by atoms with van der Waals surface area (Å²) in [5.74, 6) is -0.144. The molecule has 0 bridgehead atoms. The topological polar surface area (TPSA) is 78.6 Å². The lowest BCUT2D eigenvalue weighted by atomic mass is 9.94. The number of aliphatic hydroxyl groups is 1. The van der Waals surface area contributed by atoms with E-state index in [1.54, 1.807) is 24.3 Å². The first-order chi connectivity index (χ1) is 10.6. The highest BCUT2D eigenvalue weighted by atomic mass is 16.3. The molecule has 1 aromatic carbocycles. The van der Waals surface area contributed by atoms with Crippen molar-refractivity contribution in [3.05, 3.63) is 29.8 Å². The zero-order valence-electron chi connectivity index (χ0n) is 12.9. The van der Waals surface area contributed by atoms with Gasteiger partial charge in [0.1, 0.15) is 0 Å². The van der Waals surface area contributed by atoms with Crippen molar-refractivity contribution < 1.29 is 9.90 Å². The maximum Gasteiger partial charge on any atom is 0.251 e. The summed E-state index contributed by atoms with van der Waals surface area (Å²) in [7, 11) is 0. The number of nitrogens with one attached hydrogen (secondary N) is 1. The van der Waals surface area contributed by atoms with Crippen LogP contribution in [0.1, 0.15) is 42.5 Å². The Bertz CT molecular complexity index is 511. The Morgan fingerprint density at radius 2 is 1.82 bits per heavy atom. The van der Waals surface area contributed by atoms with Gasteiger partial charge in [0, 0.05) is 30.4 Å². The second-order valence-corrected chi connectivity index (χ2v) is 6.52. The molecule has 22 heavy (non-hydrogen) atoms. The lowest BCUT2D eigenvalue weighted by Crippen LogP contribution is -2.43. The summed E-state index contributed by atoms with van der Waals surface area (Å²) in [6.07, 6.45) is 5.82. The predicted molar refractivity (Wildman–Crippen MR) is 86.6 cm³/mol. The Morgan fingerprint density at radius 3 is 2.50 bits per heavy atom. The van der Waals surface area contributed by atoms with Crippen LogP contribution in [0.5, 0.6) is 0 Å². The number of likely N-dealkylation sites (tertiary alicyclic amines) is 1. The minimum absolute atomic E-state index is 0.144. The fraction of sp³-hybridized carbons (Fsp3) is 0.588. The van der Waals surface area contributed by atoms with Gasteiger partial charge in [0.15, 0.2) is 0 Å². The molecule has 5 heteroatoms. The summed E-state index contributed by atoms with van der Waals surface area (Å²) in [6, 6.07) is 7.24. The van der Waals surface area contributed by atoms with Gasteiger partial charge in [0.25, 0.3) is 5.91 Å². The Morgan fingerprint density at radius 1 is 1.14 bits per heavy atom. The number of rotatable bonds is 3. The highest BCUT2D eigenvalue weighted by Gasteiger charge is 2.36. The first-order valence-corrected chi connectivity index (χ1v) is 8.22. The van der Waals surface area contributed by atoms with Gasteiger partial charge in [-0.15, -0.1) is 0 Å². The van der Waals surface area contributed by atoms with Crippen LogP contribution in [0.25, 0.3) is 0 Å². The third-order valence-corrected chi connectivity index (χ3v) is 4.90. The molecule has 0 aromatic heterocycles. The standard InChI is InChI=1S/C17H25N3O2/c18-13-8-6-12(7-9-13)17(22)19-15-10-20(11-16(15)21)14-4-2-1-3-5-14/h6-9,14-16,21H,1-5,10-11,18H2,(H,19,22)/t15-,16+/m0/s1. The number of nitrogen functional groups attached to an aromatic ring is 1. The first-order valence-electron chi connectivity index (χ1n) is 8.22. The van der Waals surface area contributed by atoms with E-state index >= 15 is 0 Å². The van der Waals surface area contributed by atoms with Crippen molar-refractivity contribution in [3.8, 4) is 0 Å². The van der Waals surface area contributed by atoms with E-state index in [1.807, 2.05) is 0 Å². The minimum atomic E-state index is -0.486. The Hall–Kier alpha value is -1.59. The van der Waals surface area contributed by atoms with E-state index in [0.29, 0.717) is 23.8 Å². The number of benzene rings is 1. The molecule has 3 rings (SSSR count). The van der Waals surface area contributed by atoms with Crippen molar-refractivity contribution in [1.29, 1.82) is 0 Å². The largest absolute Gasteiger partial charge is 0.399 e. The quantitative estimate of drug-likeness (QED) is 0.737. The maximum absolute atomic E-state index is 12.3. The van der Waals surface area contributed by atoms with E-state index in [2.05, 4.69) is 10.2 Å². The number of β-amino-alcohol motifs (C(OH)–C–C–N with tert-alkyl or cyclic N) is 1. The molecular weight excluding hydrogens is 278 g/mol. The molecule has 1 saturated carbocycles.